The van der Waals surface area contributed by atoms with Gasteiger partial charge in [0.15, 0.2) is 5.78 Å². The van der Waals surface area contributed by atoms with Crippen LogP contribution in [0, 0.1) is 5.92 Å². The van der Waals surface area contributed by atoms with E-state index in [0.717, 1.165) is 21.7 Å². The van der Waals surface area contributed by atoms with E-state index in [0.29, 0.717) is 12.3 Å². The van der Waals surface area contributed by atoms with Crippen molar-refractivity contribution >= 4 is 27.3 Å². The molecule has 0 spiro atoms. The fraction of sp³-hybridized carbons (Fsp3) is 0.211. The zero-order valence-electron chi connectivity index (χ0n) is 11.9. The van der Waals surface area contributed by atoms with Gasteiger partial charge in [-0.3, -0.25) is 4.79 Å². The van der Waals surface area contributed by atoms with Gasteiger partial charge in [0.25, 0.3) is 0 Å². The van der Waals surface area contributed by atoms with Gasteiger partial charge in [0, 0.05) is 12.0 Å². The molecular weight excluding hydrogens is 244 g/mol. The summed E-state index contributed by atoms with van der Waals surface area (Å²) in [5.74, 6) is 0.620. The molecule has 1 heteroatoms. The van der Waals surface area contributed by atoms with Gasteiger partial charge >= 0.3 is 0 Å². The fourth-order valence-corrected chi connectivity index (χ4v) is 2.77. The zero-order chi connectivity index (χ0) is 14.1. The molecule has 0 N–H and O–H groups in total. The summed E-state index contributed by atoms with van der Waals surface area (Å²) < 4.78 is 0. The third-order valence-electron chi connectivity index (χ3n) is 3.66. The first-order valence-corrected chi connectivity index (χ1v) is 7.10. The molecule has 100 valence electrons. The molecular formula is C19H18O. The van der Waals surface area contributed by atoms with Crippen LogP contribution in [0.5, 0.6) is 0 Å². The first-order chi connectivity index (χ1) is 9.66. The normalized spacial score (nSPS) is 11.3. The van der Waals surface area contributed by atoms with E-state index in [1.54, 1.807) is 0 Å². The van der Waals surface area contributed by atoms with Gasteiger partial charge in [0.1, 0.15) is 0 Å². The van der Waals surface area contributed by atoms with Crippen molar-refractivity contribution in [3.05, 3.63) is 60.2 Å². The molecule has 0 saturated heterocycles. The molecule has 1 nitrogen and oxygen atoms in total. The number of fused-ring (bicyclic) bond motifs is 3. The fourth-order valence-electron chi connectivity index (χ4n) is 2.77. The van der Waals surface area contributed by atoms with E-state index >= 15 is 0 Å². The van der Waals surface area contributed by atoms with E-state index in [1.165, 1.54) is 5.39 Å². The lowest BCUT2D eigenvalue weighted by molar-refractivity contribution is 0.0969. The lowest BCUT2D eigenvalue weighted by atomic mass is 9.92. The number of rotatable bonds is 3. The quantitative estimate of drug-likeness (QED) is 0.467. The van der Waals surface area contributed by atoms with E-state index in [9.17, 15) is 4.79 Å². The second-order valence-electron chi connectivity index (χ2n) is 5.71. The summed E-state index contributed by atoms with van der Waals surface area (Å²) in [6, 6.07) is 18.5. The van der Waals surface area contributed by atoms with E-state index in [2.05, 4.69) is 38.1 Å². The second kappa shape index (κ2) is 5.09. The van der Waals surface area contributed by atoms with Crippen LogP contribution in [0.3, 0.4) is 0 Å². The maximum atomic E-state index is 12.5. The number of carbonyl (C=O) groups is 1. The lowest BCUT2D eigenvalue weighted by Gasteiger charge is -2.11. The predicted molar refractivity (Wildman–Crippen MR) is 85.2 cm³/mol. The third kappa shape index (κ3) is 2.20. The molecule has 0 aromatic heterocycles. The summed E-state index contributed by atoms with van der Waals surface area (Å²) in [7, 11) is 0. The van der Waals surface area contributed by atoms with Crippen molar-refractivity contribution in [3.63, 3.8) is 0 Å². The highest BCUT2D eigenvalue weighted by atomic mass is 16.1. The molecule has 0 aliphatic heterocycles. The van der Waals surface area contributed by atoms with Crippen molar-refractivity contribution in [1.82, 2.24) is 0 Å². The van der Waals surface area contributed by atoms with Gasteiger partial charge in [0.2, 0.25) is 0 Å². The Morgan fingerprint density at radius 1 is 0.900 bits per heavy atom. The average molecular weight is 262 g/mol. The third-order valence-corrected chi connectivity index (χ3v) is 3.66. The van der Waals surface area contributed by atoms with Crippen LogP contribution >= 0.6 is 0 Å². The van der Waals surface area contributed by atoms with E-state index in [4.69, 9.17) is 0 Å². The van der Waals surface area contributed by atoms with Gasteiger partial charge in [-0.25, -0.2) is 0 Å². The molecule has 0 fully saturated rings. The lowest BCUT2D eigenvalue weighted by Crippen LogP contribution is -2.04. The summed E-state index contributed by atoms with van der Waals surface area (Å²) in [5.41, 5.74) is 0.855. The SMILES string of the molecule is CC(C)CC(=O)c1cc2ccccc2c2ccccc12. The van der Waals surface area contributed by atoms with Gasteiger partial charge in [-0.2, -0.15) is 0 Å². The van der Waals surface area contributed by atoms with Crippen molar-refractivity contribution in [2.45, 2.75) is 20.3 Å². The first kappa shape index (κ1) is 12.9. The molecule has 20 heavy (non-hydrogen) atoms. The van der Waals surface area contributed by atoms with Gasteiger partial charge < -0.3 is 0 Å². The molecule has 0 radical (unpaired) electrons. The van der Waals surface area contributed by atoms with Crippen LogP contribution < -0.4 is 0 Å². The van der Waals surface area contributed by atoms with Gasteiger partial charge in [-0.05, 0) is 33.5 Å². The Kier molecular flexibility index (Phi) is 3.27. The summed E-state index contributed by atoms with van der Waals surface area (Å²) in [6.07, 6.45) is 0.600. The summed E-state index contributed by atoms with van der Waals surface area (Å²) in [6.45, 7) is 4.17. The molecule has 3 aromatic rings. The van der Waals surface area contributed by atoms with Crippen molar-refractivity contribution in [2.75, 3.05) is 0 Å². The Morgan fingerprint density at radius 3 is 2.20 bits per heavy atom. The minimum Gasteiger partial charge on any atom is -0.294 e. The minimum atomic E-state index is 0.238. The predicted octanol–water partition coefficient (Wildman–Crippen LogP) is 5.22. The molecule has 3 aromatic carbocycles. The van der Waals surface area contributed by atoms with E-state index in [1.807, 2.05) is 30.3 Å². The molecule has 0 bridgehead atoms. The highest BCUT2D eigenvalue weighted by Crippen LogP contribution is 2.29. The highest BCUT2D eigenvalue weighted by Gasteiger charge is 2.13. The number of Topliss-reactive ketones (excluding diaryl/α,β-unsaturated/α-hetero) is 1. The number of hydrogen-bond donors (Lipinski definition) is 0. The van der Waals surface area contributed by atoms with Crippen molar-refractivity contribution < 1.29 is 4.79 Å². The van der Waals surface area contributed by atoms with Crippen LogP contribution in [0.2, 0.25) is 0 Å². The number of benzene rings is 3. The molecule has 3 rings (SSSR count). The second-order valence-corrected chi connectivity index (χ2v) is 5.71. The Balaban J connectivity index is 2.32. The number of hydrogen-bond acceptors (Lipinski definition) is 1. The topological polar surface area (TPSA) is 17.1 Å². The van der Waals surface area contributed by atoms with Crippen molar-refractivity contribution in [2.24, 2.45) is 5.92 Å². The van der Waals surface area contributed by atoms with E-state index < -0.39 is 0 Å². The van der Waals surface area contributed by atoms with Crippen LogP contribution in [0.15, 0.2) is 54.6 Å². The standard InChI is InChI=1S/C19H18O/c1-13(2)11-19(20)18-12-14-7-3-4-8-15(14)16-9-5-6-10-17(16)18/h3-10,12-13H,11H2,1-2H3. The zero-order valence-corrected chi connectivity index (χ0v) is 11.9. The number of ketones is 1. The smallest absolute Gasteiger partial charge is 0.163 e. The molecule has 0 aliphatic rings. The Morgan fingerprint density at radius 2 is 1.50 bits per heavy atom. The molecule has 0 aliphatic carbocycles. The van der Waals surface area contributed by atoms with Crippen LogP contribution in [0.25, 0.3) is 21.5 Å². The van der Waals surface area contributed by atoms with Gasteiger partial charge in [-0.1, -0.05) is 62.4 Å². The summed E-state index contributed by atoms with van der Waals surface area (Å²) in [4.78, 5) is 12.5. The van der Waals surface area contributed by atoms with Gasteiger partial charge in [0.05, 0.1) is 0 Å². The minimum absolute atomic E-state index is 0.238. The Labute approximate surface area is 119 Å². The van der Waals surface area contributed by atoms with Crippen molar-refractivity contribution in [1.29, 1.82) is 0 Å². The molecule has 0 amide bonds. The number of carbonyl (C=O) groups excluding carboxylic acids is 1. The largest absolute Gasteiger partial charge is 0.294 e. The Hall–Kier alpha value is -2.15. The van der Waals surface area contributed by atoms with Gasteiger partial charge in [-0.15, -0.1) is 0 Å². The maximum Gasteiger partial charge on any atom is 0.163 e. The molecule has 0 saturated carbocycles. The summed E-state index contributed by atoms with van der Waals surface area (Å²) in [5, 5.41) is 4.58. The molecule has 0 unspecified atom stereocenters. The first-order valence-electron chi connectivity index (χ1n) is 7.10. The Bertz CT molecular complexity index is 784. The van der Waals surface area contributed by atoms with Crippen LogP contribution in [0.1, 0.15) is 30.6 Å². The molecule has 0 heterocycles. The monoisotopic (exact) mass is 262 g/mol. The van der Waals surface area contributed by atoms with Crippen LogP contribution in [-0.4, -0.2) is 5.78 Å². The maximum absolute atomic E-state index is 12.5. The average Bonchev–Trinajstić information content (AvgIpc) is 2.45. The summed E-state index contributed by atoms with van der Waals surface area (Å²) >= 11 is 0. The van der Waals surface area contributed by atoms with Crippen molar-refractivity contribution in [3.8, 4) is 0 Å². The highest BCUT2D eigenvalue weighted by molar-refractivity contribution is 6.17. The molecule has 0 atom stereocenters. The van der Waals surface area contributed by atoms with Crippen LogP contribution in [0.4, 0.5) is 0 Å². The van der Waals surface area contributed by atoms with E-state index in [-0.39, 0.29) is 5.78 Å². The van der Waals surface area contributed by atoms with Crippen LogP contribution in [-0.2, 0) is 0 Å².